The second-order valence-corrected chi connectivity index (χ2v) is 7.36. The van der Waals surface area contributed by atoms with Crippen LogP contribution in [0.5, 0.6) is 5.75 Å². The zero-order valence-electron chi connectivity index (χ0n) is 11.9. The third kappa shape index (κ3) is 3.10. The second kappa shape index (κ2) is 5.31. The minimum Gasteiger partial charge on any atom is -0.487 e. The second-order valence-electron chi connectivity index (χ2n) is 6.01. The van der Waals surface area contributed by atoms with Crippen molar-refractivity contribution in [2.24, 2.45) is 0 Å². The van der Waals surface area contributed by atoms with Gasteiger partial charge in [-0.15, -0.1) is 0 Å². The molecule has 110 valence electrons. The van der Waals surface area contributed by atoms with Crippen molar-refractivity contribution in [2.75, 3.05) is 0 Å². The van der Waals surface area contributed by atoms with Gasteiger partial charge in [-0.1, -0.05) is 33.6 Å². The maximum absolute atomic E-state index is 10.6. The Bertz CT molecular complexity index is 677. The number of aliphatic hydroxyl groups excluding tert-OH is 1. The molecule has 0 bridgehead atoms. The van der Waals surface area contributed by atoms with E-state index < -0.39 is 6.10 Å². The number of rotatable bonds is 2. The smallest absolute Gasteiger partial charge is 0.123 e. The van der Waals surface area contributed by atoms with E-state index >= 15 is 0 Å². The molecule has 0 spiro atoms. The predicted octanol–water partition coefficient (Wildman–Crippen LogP) is 4.90. The Hall–Kier alpha value is -1.03. The summed E-state index contributed by atoms with van der Waals surface area (Å²) in [4.78, 5) is 0. The van der Waals surface area contributed by atoms with E-state index in [4.69, 9.17) is 16.3 Å². The Morgan fingerprint density at radius 1 is 1.19 bits per heavy atom. The Kier molecular flexibility index (Phi) is 3.76. The van der Waals surface area contributed by atoms with E-state index in [9.17, 15) is 5.11 Å². The Balaban J connectivity index is 1.95. The van der Waals surface area contributed by atoms with Gasteiger partial charge in [-0.25, -0.2) is 0 Å². The van der Waals surface area contributed by atoms with Gasteiger partial charge < -0.3 is 9.84 Å². The summed E-state index contributed by atoms with van der Waals surface area (Å²) in [6.45, 7) is 4.13. The molecule has 1 aliphatic heterocycles. The molecule has 0 aromatic heterocycles. The van der Waals surface area contributed by atoms with Gasteiger partial charge in [-0.05, 0) is 60.9 Å². The van der Waals surface area contributed by atoms with E-state index in [-0.39, 0.29) is 5.60 Å². The highest BCUT2D eigenvalue weighted by Crippen LogP contribution is 2.37. The molecule has 2 aromatic carbocycles. The number of fused-ring (bicyclic) bond motifs is 1. The van der Waals surface area contributed by atoms with Gasteiger partial charge in [0.25, 0.3) is 0 Å². The van der Waals surface area contributed by atoms with E-state index in [0.717, 1.165) is 33.3 Å². The molecular weight excluding hydrogens is 352 g/mol. The van der Waals surface area contributed by atoms with Crippen molar-refractivity contribution in [1.82, 2.24) is 0 Å². The molecule has 1 atom stereocenters. The van der Waals surface area contributed by atoms with Gasteiger partial charge in [0, 0.05) is 15.9 Å². The molecule has 0 fully saturated rings. The van der Waals surface area contributed by atoms with Crippen molar-refractivity contribution in [1.29, 1.82) is 0 Å². The lowest BCUT2D eigenvalue weighted by Crippen LogP contribution is -2.24. The molecule has 1 heterocycles. The molecule has 2 aromatic rings. The van der Waals surface area contributed by atoms with Crippen LogP contribution < -0.4 is 4.74 Å². The molecule has 3 rings (SSSR count). The largest absolute Gasteiger partial charge is 0.487 e. The Labute approximate surface area is 137 Å². The fourth-order valence-electron chi connectivity index (χ4n) is 2.73. The van der Waals surface area contributed by atoms with Gasteiger partial charge in [0.1, 0.15) is 17.5 Å². The summed E-state index contributed by atoms with van der Waals surface area (Å²) in [6.07, 6.45) is 0.149. The van der Waals surface area contributed by atoms with E-state index in [1.54, 1.807) is 12.1 Å². The van der Waals surface area contributed by atoms with Crippen molar-refractivity contribution in [2.45, 2.75) is 32.0 Å². The third-order valence-corrected chi connectivity index (χ3v) is 4.28. The fourth-order valence-corrected chi connectivity index (χ4v) is 3.61. The lowest BCUT2D eigenvalue weighted by Gasteiger charge is -2.16. The topological polar surface area (TPSA) is 29.5 Å². The molecule has 0 saturated heterocycles. The van der Waals surface area contributed by atoms with Crippen LogP contribution >= 0.6 is 27.5 Å². The predicted molar refractivity (Wildman–Crippen MR) is 88.1 cm³/mol. The first-order chi connectivity index (χ1) is 9.84. The molecule has 2 nitrogen and oxygen atoms in total. The third-order valence-electron chi connectivity index (χ3n) is 3.60. The van der Waals surface area contributed by atoms with E-state index in [1.807, 2.05) is 24.3 Å². The van der Waals surface area contributed by atoms with Crippen molar-refractivity contribution in [3.8, 4) is 5.75 Å². The summed E-state index contributed by atoms with van der Waals surface area (Å²) in [5.41, 5.74) is 2.58. The molecule has 0 aliphatic carbocycles. The number of halogens is 2. The van der Waals surface area contributed by atoms with Crippen LogP contribution in [0.2, 0.25) is 5.02 Å². The fraction of sp³-hybridized carbons (Fsp3) is 0.294. The quantitative estimate of drug-likeness (QED) is 0.818. The van der Waals surface area contributed by atoms with Crippen LogP contribution in [0.1, 0.15) is 36.6 Å². The van der Waals surface area contributed by atoms with Crippen molar-refractivity contribution in [3.63, 3.8) is 0 Å². The summed E-state index contributed by atoms with van der Waals surface area (Å²) >= 11 is 9.45. The van der Waals surface area contributed by atoms with Crippen LogP contribution in [0, 0.1) is 0 Å². The first-order valence-electron chi connectivity index (χ1n) is 6.80. The minimum absolute atomic E-state index is 0.176. The lowest BCUT2D eigenvalue weighted by molar-refractivity contribution is 0.138. The highest BCUT2D eigenvalue weighted by atomic mass is 79.9. The highest BCUT2D eigenvalue weighted by Gasteiger charge is 2.30. The average molecular weight is 368 g/mol. The van der Waals surface area contributed by atoms with Crippen LogP contribution in [0.25, 0.3) is 0 Å². The molecule has 0 radical (unpaired) electrons. The van der Waals surface area contributed by atoms with Crippen LogP contribution in [-0.4, -0.2) is 10.7 Å². The maximum atomic E-state index is 10.6. The van der Waals surface area contributed by atoms with Crippen molar-refractivity contribution >= 4 is 27.5 Å². The molecular formula is C17H16BrClO2. The summed E-state index contributed by atoms with van der Waals surface area (Å²) in [6, 6.07) is 11.3. The summed E-state index contributed by atoms with van der Waals surface area (Å²) in [5.74, 6) is 0.906. The molecule has 1 aliphatic rings. The number of hydrogen-bond acceptors (Lipinski definition) is 2. The number of hydrogen-bond donors (Lipinski definition) is 1. The van der Waals surface area contributed by atoms with Gasteiger partial charge >= 0.3 is 0 Å². The zero-order valence-corrected chi connectivity index (χ0v) is 14.2. The van der Waals surface area contributed by atoms with Crippen molar-refractivity contribution in [3.05, 3.63) is 62.6 Å². The van der Waals surface area contributed by atoms with Crippen LogP contribution in [0.4, 0.5) is 0 Å². The normalized spacial score (nSPS) is 17.2. The monoisotopic (exact) mass is 366 g/mol. The standard InChI is InChI=1S/C17H16BrClO2/c1-17(2)9-12-5-10(3-4-15(12)21-17)16(20)11-6-13(18)8-14(19)7-11/h3-8,16,20H,9H2,1-2H3. The number of ether oxygens (including phenoxy) is 1. The SMILES string of the molecule is CC1(C)Cc2cc(C(O)c3cc(Cl)cc(Br)c3)ccc2O1. The van der Waals surface area contributed by atoms with E-state index in [0.29, 0.717) is 5.02 Å². The van der Waals surface area contributed by atoms with Gasteiger partial charge in [-0.3, -0.25) is 0 Å². The molecule has 0 saturated carbocycles. The molecule has 1 unspecified atom stereocenters. The lowest BCUT2D eigenvalue weighted by atomic mass is 9.96. The zero-order chi connectivity index (χ0) is 15.2. The first kappa shape index (κ1) is 14.9. The summed E-state index contributed by atoms with van der Waals surface area (Å²) < 4.78 is 6.72. The van der Waals surface area contributed by atoms with Gasteiger partial charge in [0.2, 0.25) is 0 Å². The van der Waals surface area contributed by atoms with Crippen LogP contribution in [0.3, 0.4) is 0 Å². The molecule has 4 heteroatoms. The highest BCUT2D eigenvalue weighted by molar-refractivity contribution is 9.10. The van der Waals surface area contributed by atoms with Gasteiger partial charge in [0.05, 0.1) is 0 Å². The van der Waals surface area contributed by atoms with Gasteiger partial charge in [0.15, 0.2) is 0 Å². The summed E-state index contributed by atoms with van der Waals surface area (Å²) in [5, 5.41) is 11.2. The summed E-state index contributed by atoms with van der Waals surface area (Å²) in [7, 11) is 0. The number of aliphatic hydroxyl groups is 1. The molecule has 0 amide bonds. The van der Waals surface area contributed by atoms with Gasteiger partial charge in [-0.2, -0.15) is 0 Å². The van der Waals surface area contributed by atoms with Crippen molar-refractivity contribution < 1.29 is 9.84 Å². The van der Waals surface area contributed by atoms with Crippen LogP contribution in [-0.2, 0) is 6.42 Å². The Morgan fingerprint density at radius 3 is 2.67 bits per heavy atom. The maximum Gasteiger partial charge on any atom is 0.123 e. The van der Waals surface area contributed by atoms with E-state index in [2.05, 4.69) is 29.8 Å². The van der Waals surface area contributed by atoms with Crippen LogP contribution in [0.15, 0.2) is 40.9 Å². The number of benzene rings is 2. The first-order valence-corrected chi connectivity index (χ1v) is 7.97. The molecule has 21 heavy (non-hydrogen) atoms. The molecule has 1 N–H and O–H groups in total. The average Bonchev–Trinajstić information content (AvgIpc) is 2.69. The minimum atomic E-state index is -0.700. The Morgan fingerprint density at radius 2 is 1.95 bits per heavy atom. The van der Waals surface area contributed by atoms with E-state index in [1.165, 1.54) is 0 Å².